The average molecular weight is 949 g/mol. The Morgan fingerprint density at radius 3 is 0.431 bits per heavy atom. The molecule has 0 N–H and O–H groups in total. The summed E-state index contributed by atoms with van der Waals surface area (Å²) in [7, 11) is 9.13. The number of unbranched alkanes of at least 4 members (excludes halogenated alkanes) is 33. The Bertz CT molecular complexity index is 818. The summed E-state index contributed by atoms with van der Waals surface area (Å²) < 4.78 is 12.3. The van der Waals surface area contributed by atoms with Crippen molar-refractivity contribution in [3.05, 3.63) is 0 Å². The van der Waals surface area contributed by atoms with Gasteiger partial charge in [0.15, 0.2) is 0 Å². The lowest BCUT2D eigenvalue weighted by molar-refractivity contribution is -0.890. The fourth-order valence-corrected chi connectivity index (χ4v) is 8.79. The maximum atomic E-state index is 8.55. The molecule has 0 aromatic rings. The first kappa shape index (κ1) is 71.5. The van der Waals surface area contributed by atoms with Crippen molar-refractivity contribution in [1.82, 2.24) is 0 Å². The van der Waals surface area contributed by atoms with Crippen LogP contribution in [0, 0.1) is 0 Å². The third-order valence-corrected chi connectivity index (χ3v) is 13.5. The second kappa shape index (κ2) is 53.3. The molecule has 0 saturated carbocycles. The molecule has 398 valence electrons. The van der Waals surface area contributed by atoms with E-state index in [1.807, 2.05) is 0 Å². The molecule has 0 aliphatic heterocycles. The van der Waals surface area contributed by atoms with Crippen LogP contribution in [0.2, 0.25) is 0 Å². The van der Waals surface area contributed by atoms with Gasteiger partial charge in [-0.05, 0) is 77.0 Å². The number of hydrogen-bond acceptors (Lipinski definition) is 4. The number of hydrogen-bond donors (Lipinski definition) is 0. The van der Waals surface area contributed by atoms with Gasteiger partial charge in [0.1, 0.15) is 0 Å². The van der Waals surface area contributed by atoms with Crippen LogP contribution in [0.4, 0.5) is 0 Å². The Labute approximate surface area is 412 Å². The molecule has 0 fully saturated rings. The predicted molar refractivity (Wildman–Crippen MR) is 287 cm³/mol. The van der Waals surface area contributed by atoms with Crippen LogP contribution in [0.5, 0.6) is 0 Å². The minimum absolute atomic E-state index is 1.24. The Morgan fingerprint density at radius 1 is 0.231 bits per heavy atom. The van der Waals surface area contributed by atoms with Crippen molar-refractivity contribution in [2.75, 3.05) is 81.6 Å². The van der Waals surface area contributed by atoms with E-state index in [1.54, 1.807) is 0 Å². The maximum Gasteiger partial charge on any atom is 0.0782 e. The zero-order valence-corrected chi connectivity index (χ0v) is 48.1. The third-order valence-electron chi connectivity index (χ3n) is 13.5. The van der Waals surface area contributed by atoms with Crippen molar-refractivity contribution in [3.8, 4) is 0 Å². The maximum absolute atomic E-state index is 8.55. The van der Waals surface area contributed by atoms with Gasteiger partial charge in [-0.15, -0.1) is 0 Å². The number of phosphoric acid groups is 1. The lowest BCUT2D eigenvalue weighted by atomic mass is 10.1. The highest BCUT2D eigenvalue weighted by atomic mass is 31.2. The second-order valence-electron chi connectivity index (χ2n) is 22.3. The van der Waals surface area contributed by atoms with Gasteiger partial charge in [-0.25, -0.2) is 0 Å². The molecule has 8 heteroatoms. The molecule has 0 radical (unpaired) electrons. The highest BCUT2D eigenvalue weighted by molar-refractivity contribution is 7.40. The van der Waals surface area contributed by atoms with E-state index in [2.05, 4.69) is 83.8 Å². The van der Waals surface area contributed by atoms with Crippen molar-refractivity contribution in [3.63, 3.8) is 0 Å². The fraction of sp³-hybridized carbons (Fsp3) is 1.00. The number of nitrogens with zero attached hydrogens (tertiary/aromatic N) is 3. The van der Waals surface area contributed by atoms with E-state index in [-0.39, 0.29) is 0 Å². The van der Waals surface area contributed by atoms with Gasteiger partial charge in [-0.2, -0.15) is 7.82 Å². The van der Waals surface area contributed by atoms with Gasteiger partial charge in [0, 0.05) is 0 Å². The summed E-state index contributed by atoms with van der Waals surface area (Å²) >= 11 is 0. The minimum Gasteiger partial charge on any atom is -0.822 e. The van der Waals surface area contributed by atoms with Crippen LogP contribution in [0.1, 0.15) is 292 Å². The van der Waals surface area contributed by atoms with E-state index >= 15 is 0 Å². The first-order valence-corrected chi connectivity index (χ1v) is 30.5. The van der Waals surface area contributed by atoms with Crippen LogP contribution >= 0.6 is 7.82 Å². The summed E-state index contributed by atoms with van der Waals surface area (Å²) in [4.78, 5) is 25.6. The lowest BCUT2D eigenvalue weighted by Crippen LogP contribution is -2.41. The summed E-state index contributed by atoms with van der Waals surface area (Å²) in [5.41, 5.74) is 0. The number of rotatable bonds is 45. The molecule has 0 unspecified atom stereocenters. The van der Waals surface area contributed by atoms with Crippen molar-refractivity contribution in [1.29, 1.82) is 0 Å². The highest BCUT2D eigenvalue weighted by Crippen LogP contribution is 2.15. The summed E-state index contributed by atoms with van der Waals surface area (Å²) in [6.45, 7) is 22.0. The SMILES string of the molecule is CCCCCCCCC[N+](C)(C)CCCCCCCC.CCCCCCCCC[N+](C)(C)CCCCCCCC.CCCCCCCCC[N+](C)(C)CCCCCCCC.O=P([O-])([O-])[O-]. The van der Waals surface area contributed by atoms with Gasteiger partial charge in [-0.1, -0.05) is 215 Å². The largest absolute Gasteiger partial charge is 0.822 e. The molecule has 7 nitrogen and oxygen atoms in total. The van der Waals surface area contributed by atoms with Crippen LogP contribution in [0.3, 0.4) is 0 Å². The fourth-order valence-electron chi connectivity index (χ4n) is 8.79. The molecule has 0 aliphatic rings. The number of quaternary nitrogens is 3. The first-order valence-electron chi connectivity index (χ1n) is 29.1. The second-order valence-corrected chi connectivity index (χ2v) is 23.2. The topological polar surface area (TPSA) is 86.2 Å². The van der Waals surface area contributed by atoms with E-state index in [0.717, 1.165) is 0 Å². The minimum atomic E-state index is -5.39. The van der Waals surface area contributed by atoms with Crippen LogP contribution in [-0.2, 0) is 4.57 Å². The standard InChI is InChI=1S/3C19H42N.H3O4P/c3*1-5-7-9-11-13-15-17-19-20(3,4)18-16-14-12-10-8-6-2;1-5(2,3)4/h3*5-19H2,1-4H3;(H3,1,2,3,4)/q3*+1;/p-3. The van der Waals surface area contributed by atoms with Crippen molar-refractivity contribution in [2.45, 2.75) is 292 Å². The summed E-state index contributed by atoms with van der Waals surface area (Å²) in [5.74, 6) is 0. The van der Waals surface area contributed by atoms with E-state index in [9.17, 15) is 0 Å². The molecule has 0 aromatic carbocycles. The quantitative estimate of drug-likeness (QED) is 0.0346. The van der Waals surface area contributed by atoms with Gasteiger partial charge < -0.3 is 32.7 Å². The Morgan fingerprint density at radius 2 is 0.323 bits per heavy atom. The first-order chi connectivity index (χ1) is 30.9. The molecule has 0 rings (SSSR count). The molecular weight excluding hydrogens is 822 g/mol. The van der Waals surface area contributed by atoms with Gasteiger partial charge in [-0.3, -0.25) is 0 Å². The van der Waals surface area contributed by atoms with E-state index in [1.165, 1.54) is 303 Å². The van der Waals surface area contributed by atoms with Gasteiger partial charge in [0.25, 0.3) is 0 Å². The molecule has 0 spiro atoms. The Balaban J connectivity index is -0.000000407. The van der Waals surface area contributed by atoms with Crippen molar-refractivity contribution < 1.29 is 32.7 Å². The molecule has 0 amide bonds. The molecule has 0 bridgehead atoms. The van der Waals surface area contributed by atoms with Crippen LogP contribution in [0.15, 0.2) is 0 Å². The van der Waals surface area contributed by atoms with Crippen LogP contribution in [-0.4, -0.2) is 95.0 Å². The molecule has 0 aliphatic carbocycles. The zero-order valence-electron chi connectivity index (χ0n) is 47.2. The van der Waals surface area contributed by atoms with Crippen LogP contribution in [0.25, 0.3) is 0 Å². The summed E-state index contributed by atoms with van der Waals surface area (Å²) in [6, 6.07) is 0. The van der Waals surface area contributed by atoms with Gasteiger partial charge in [0.05, 0.1) is 81.6 Å². The normalized spacial score (nSPS) is 12.0. The lowest BCUT2D eigenvalue weighted by Gasteiger charge is -2.36. The zero-order chi connectivity index (χ0) is 49.8. The van der Waals surface area contributed by atoms with E-state index < -0.39 is 7.82 Å². The molecule has 0 atom stereocenters. The van der Waals surface area contributed by atoms with Crippen LogP contribution < -0.4 is 14.7 Å². The molecule has 65 heavy (non-hydrogen) atoms. The monoisotopic (exact) mass is 948 g/mol. The smallest absolute Gasteiger partial charge is 0.0782 e. The molecular formula is C57H126N3O4P. The van der Waals surface area contributed by atoms with E-state index in [0.29, 0.717) is 0 Å². The van der Waals surface area contributed by atoms with Gasteiger partial charge >= 0.3 is 0 Å². The van der Waals surface area contributed by atoms with Crippen molar-refractivity contribution in [2.24, 2.45) is 0 Å². The van der Waals surface area contributed by atoms with Gasteiger partial charge in [0.2, 0.25) is 0 Å². The Kier molecular flexibility index (Phi) is 58.7. The highest BCUT2D eigenvalue weighted by Gasteiger charge is 2.15. The molecule has 0 heterocycles. The molecule has 0 aromatic heterocycles. The Hall–Kier alpha value is -0.0100. The molecule has 0 saturated heterocycles. The summed E-state index contributed by atoms with van der Waals surface area (Å²) in [6.07, 6.45) is 55.7. The van der Waals surface area contributed by atoms with Crippen molar-refractivity contribution >= 4 is 7.82 Å². The van der Waals surface area contributed by atoms with E-state index in [4.69, 9.17) is 19.2 Å². The summed E-state index contributed by atoms with van der Waals surface area (Å²) in [5, 5.41) is 0. The predicted octanol–water partition coefficient (Wildman–Crippen LogP) is 15.7. The average Bonchev–Trinajstić information content (AvgIpc) is 3.23. The third kappa shape index (κ3) is 75.7.